The summed E-state index contributed by atoms with van der Waals surface area (Å²) >= 11 is 0. The van der Waals surface area contributed by atoms with Gasteiger partial charge >= 0.3 is 0 Å². The van der Waals surface area contributed by atoms with E-state index in [-0.39, 0.29) is 24.3 Å². The van der Waals surface area contributed by atoms with Crippen molar-refractivity contribution < 1.29 is 23.9 Å². The van der Waals surface area contributed by atoms with E-state index in [4.69, 9.17) is 9.47 Å². The monoisotopic (exact) mass is 525 g/mol. The maximum Gasteiger partial charge on any atom is 0.251 e. The molecule has 1 aliphatic heterocycles. The molecule has 4 atom stereocenters. The first-order chi connectivity index (χ1) is 18.8. The molecular formula is C31H31N3O5. The largest absolute Gasteiger partial charge is 0.348 e. The van der Waals surface area contributed by atoms with Crippen LogP contribution in [0.4, 0.5) is 0 Å². The van der Waals surface area contributed by atoms with Gasteiger partial charge in [0.2, 0.25) is 0 Å². The molecule has 1 saturated heterocycles. The van der Waals surface area contributed by atoms with Gasteiger partial charge in [-0.3, -0.25) is 14.4 Å². The summed E-state index contributed by atoms with van der Waals surface area (Å²) in [5.41, 5.74) is 2.23. The molecule has 2 aliphatic rings. The van der Waals surface area contributed by atoms with Crippen molar-refractivity contribution in [3.63, 3.8) is 0 Å². The third kappa shape index (κ3) is 6.08. The number of hydrogen-bond acceptors (Lipinski definition) is 5. The van der Waals surface area contributed by atoms with Crippen LogP contribution in [0.2, 0.25) is 0 Å². The summed E-state index contributed by atoms with van der Waals surface area (Å²) in [4.78, 5) is 39.2. The highest BCUT2D eigenvalue weighted by Gasteiger charge is 2.52. The van der Waals surface area contributed by atoms with E-state index in [1.807, 2.05) is 24.3 Å². The molecule has 0 unspecified atom stereocenters. The fraction of sp³-hybridized carbons (Fsp3) is 0.258. The van der Waals surface area contributed by atoms with E-state index in [2.05, 4.69) is 16.0 Å². The Morgan fingerprint density at radius 3 is 1.67 bits per heavy atom. The van der Waals surface area contributed by atoms with Gasteiger partial charge in [-0.25, -0.2) is 0 Å². The predicted octanol–water partition coefficient (Wildman–Crippen LogP) is 3.47. The molecule has 200 valence electrons. The summed E-state index contributed by atoms with van der Waals surface area (Å²) in [6.07, 6.45) is 0.679. The third-order valence-electron chi connectivity index (χ3n) is 6.78. The minimum absolute atomic E-state index is 0.137. The van der Waals surface area contributed by atoms with Crippen LogP contribution in [0.5, 0.6) is 0 Å². The average molecular weight is 526 g/mol. The molecule has 5 rings (SSSR count). The number of carbonyl (C=O) groups is 3. The second-order valence-corrected chi connectivity index (χ2v) is 10.0. The van der Waals surface area contributed by atoms with Crippen LogP contribution in [0.25, 0.3) is 0 Å². The molecule has 1 aliphatic carbocycles. The molecule has 0 aromatic heterocycles. The fourth-order valence-corrected chi connectivity index (χ4v) is 4.97. The zero-order chi connectivity index (χ0) is 27.4. The van der Waals surface area contributed by atoms with Crippen molar-refractivity contribution in [2.45, 2.75) is 43.9 Å². The highest BCUT2D eigenvalue weighted by Crippen LogP contribution is 2.37. The minimum atomic E-state index is -0.947. The second-order valence-electron chi connectivity index (χ2n) is 10.0. The summed E-state index contributed by atoms with van der Waals surface area (Å²) in [5.74, 6) is -1.74. The standard InChI is InChI=1S/C31H31N3O5/c1-31(2)38-26-24(33-29(36)21-14-8-4-9-15-21)18-23(19-32-28(35)20-12-6-3-7-13-20)25(27(26)39-31)34-30(37)22-16-10-5-11-17-22/h3-18,24-27H,19H2,1-2H3,(H,32,35)(H,33,36)(H,34,37)/t24-,25+,26+,27-/m1/s1. The molecule has 1 fully saturated rings. The number of rotatable bonds is 7. The van der Waals surface area contributed by atoms with E-state index in [1.54, 1.807) is 86.6 Å². The maximum atomic E-state index is 13.2. The first-order valence-electron chi connectivity index (χ1n) is 12.9. The van der Waals surface area contributed by atoms with Gasteiger partial charge in [-0.15, -0.1) is 0 Å². The lowest BCUT2D eigenvalue weighted by Gasteiger charge is -2.37. The number of benzene rings is 3. The average Bonchev–Trinajstić information content (AvgIpc) is 3.30. The first kappa shape index (κ1) is 26.3. The molecule has 3 amide bonds. The van der Waals surface area contributed by atoms with Crippen LogP contribution >= 0.6 is 0 Å². The number of fused-ring (bicyclic) bond motifs is 1. The lowest BCUT2D eigenvalue weighted by molar-refractivity contribution is -0.147. The van der Waals surface area contributed by atoms with Crippen LogP contribution in [0.1, 0.15) is 44.9 Å². The Morgan fingerprint density at radius 1 is 0.667 bits per heavy atom. The zero-order valence-corrected chi connectivity index (χ0v) is 21.8. The van der Waals surface area contributed by atoms with Crippen molar-refractivity contribution in [2.24, 2.45) is 0 Å². The molecule has 8 nitrogen and oxygen atoms in total. The smallest absolute Gasteiger partial charge is 0.251 e. The molecule has 8 heteroatoms. The highest BCUT2D eigenvalue weighted by molar-refractivity contribution is 5.96. The second kappa shape index (κ2) is 11.2. The summed E-state index contributed by atoms with van der Waals surface area (Å²) in [5, 5.41) is 9.09. The van der Waals surface area contributed by atoms with Gasteiger partial charge in [-0.05, 0) is 55.8 Å². The fourth-order valence-electron chi connectivity index (χ4n) is 4.97. The van der Waals surface area contributed by atoms with Gasteiger partial charge < -0.3 is 25.4 Å². The van der Waals surface area contributed by atoms with E-state index in [0.717, 1.165) is 0 Å². The molecule has 0 bridgehead atoms. The van der Waals surface area contributed by atoms with E-state index < -0.39 is 30.1 Å². The predicted molar refractivity (Wildman–Crippen MR) is 146 cm³/mol. The summed E-state index contributed by atoms with van der Waals surface area (Å²) < 4.78 is 12.5. The van der Waals surface area contributed by atoms with Gasteiger partial charge in [0.05, 0.1) is 12.1 Å². The van der Waals surface area contributed by atoms with Gasteiger partial charge in [0.1, 0.15) is 12.2 Å². The van der Waals surface area contributed by atoms with Gasteiger partial charge in [0, 0.05) is 23.2 Å². The quantitative estimate of drug-likeness (QED) is 0.410. The Kier molecular flexibility index (Phi) is 7.58. The Balaban J connectivity index is 1.45. The molecule has 3 aromatic rings. The third-order valence-corrected chi connectivity index (χ3v) is 6.78. The number of nitrogens with one attached hydrogen (secondary N) is 3. The van der Waals surface area contributed by atoms with Crippen LogP contribution in [0, 0.1) is 0 Å². The van der Waals surface area contributed by atoms with Crippen molar-refractivity contribution in [1.29, 1.82) is 0 Å². The highest BCUT2D eigenvalue weighted by atomic mass is 16.8. The molecule has 0 spiro atoms. The number of carbonyl (C=O) groups excluding carboxylic acids is 3. The van der Waals surface area contributed by atoms with Gasteiger partial charge in [0.25, 0.3) is 17.7 Å². The SMILES string of the molecule is CC1(C)O[C@@H]2[C@H](O1)[C@@H](NC(=O)c1ccccc1)C(CNC(=O)c1ccccc1)=C[C@H]2NC(=O)c1ccccc1. The van der Waals surface area contributed by atoms with Crippen molar-refractivity contribution >= 4 is 17.7 Å². The van der Waals surface area contributed by atoms with E-state index in [1.165, 1.54) is 0 Å². The summed E-state index contributed by atoms with van der Waals surface area (Å²) in [6.45, 7) is 3.74. The van der Waals surface area contributed by atoms with Crippen LogP contribution in [0.3, 0.4) is 0 Å². The molecular weight excluding hydrogens is 494 g/mol. The van der Waals surface area contributed by atoms with Gasteiger partial charge in [0.15, 0.2) is 5.79 Å². The van der Waals surface area contributed by atoms with Crippen molar-refractivity contribution in [2.75, 3.05) is 6.54 Å². The van der Waals surface area contributed by atoms with E-state index >= 15 is 0 Å². The summed E-state index contributed by atoms with van der Waals surface area (Å²) in [6, 6.07) is 25.5. The Bertz CT molecular complexity index is 1360. The number of hydrogen-bond donors (Lipinski definition) is 3. The van der Waals surface area contributed by atoms with Gasteiger partial charge in [-0.1, -0.05) is 60.7 Å². The number of ether oxygens (including phenoxy) is 2. The van der Waals surface area contributed by atoms with Crippen LogP contribution in [0.15, 0.2) is 103 Å². The van der Waals surface area contributed by atoms with E-state index in [0.29, 0.717) is 22.3 Å². The minimum Gasteiger partial charge on any atom is -0.348 e. The lowest BCUT2D eigenvalue weighted by atomic mass is 9.85. The molecule has 39 heavy (non-hydrogen) atoms. The van der Waals surface area contributed by atoms with Crippen LogP contribution in [-0.4, -0.2) is 54.3 Å². The molecule has 0 saturated carbocycles. The number of amides is 3. The molecule has 1 heterocycles. The first-order valence-corrected chi connectivity index (χ1v) is 12.9. The Morgan fingerprint density at radius 2 is 1.13 bits per heavy atom. The van der Waals surface area contributed by atoms with Gasteiger partial charge in [-0.2, -0.15) is 0 Å². The molecule has 3 N–H and O–H groups in total. The normalized spacial score (nSPS) is 23.2. The molecule has 0 radical (unpaired) electrons. The van der Waals surface area contributed by atoms with Crippen LogP contribution in [-0.2, 0) is 9.47 Å². The lowest BCUT2D eigenvalue weighted by Crippen LogP contribution is -2.59. The summed E-state index contributed by atoms with van der Waals surface area (Å²) in [7, 11) is 0. The Labute approximate surface area is 227 Å². The van der Waals surface area contributed by atoms with Crippen molar-refractivity contribution in [3.8, 4) is 0 Å². The van der Waals surface area contributed by atoms with Crippen LogP contribution < -0.4 is 16.0 Å². The van der Waals surface area contributed by atoms with Crippen molar-refractivity contribution in [3.05, 3.63) is 119 Å². The topological polar surface area (TPSA) is 106 Å². The Hall–Kier alpha value is -4.27. The van der Waals surface area contributed by atoms with Crippen molar-refractivity contribution in [1.82, 2.24) is 16.0 Å². The molecule has 3 aromatic carbocycles. The van der Waals surface area contributed by atoms with E-state index in [9.17, 15) is 14.4 Å². The zero-order valence-electron chi connectivity index (χ0n) is 21.8. The maximum absolute atomic E-state index is 13.2.